The summed E-state index contributed by atoms with van der Waals surface area (Å²) in [7, 11) is 0. The lowest BCUT2D eigenvalue weighted by molar-refractivity contribution is -0.183. The topological polar surface area (TPSA) is 26.3 Å². The van der Waals surface area contributed by atoms with Crippen molar-refractivity contribution in [3.63, 3.8) is 0 Å². The van der Waals surface area contributed by atoms with Crippen molar-refractivity contribution in [2.45, 2.75) is 46.1 Å². The molecule has 0 amide bonds. The van der Waals surface area contributed by atoms with E-state index in [1.54, 1.807) is 27.7 Å². The molecule has 0 saturated carbocycles. The largest absolute Gasteiger partial charge is 0.364 e. The lowest BCUT2D eigenvalue weighted by Crippen LogP contribution is -2.39. The SMILES string of the molecule is CC(C)C(=O)[C@H](OCC(F)(F)C(F)F)C(C)C. The van der Waals surface area contributed by atoms with Gasteiger partial charge in [-0.3, -0.25) is 4.79 Å². The highest BCUT2D eigenvalue weighted by atomic mass is 19.3. The van der Waals surface area contributed by atoms with Crippen LogP contribution in [0.3, 0.4) is 0 Å². The van der Waals surface area contributed by atoms with Crippen LogP contribution < -0.4 is 0 Å². The zero-order valence-electron chi connectivity index (χ0n) is 10.3. The van der Waals surface area contributed by atoms with Crippen LogP contribution in [0.5, 0.6) is 0 Å². The highest BCUT2D eigenvalue weighted by Crippen LogP contribution is 2.25. The maximum Gasteiger partial charge on any atom is 0.330 e. The van der Waals surface area contributed by atoms with Crippen LogP contribution >= 0.6 is 0 Å². The first kappa shape index (κ1) is 16.4. The minimum atomic E-state index is -4.22. The lowest BCUT2D eigenvalue weighted by atomic mass is 9.95. The summed E-state index contributed by atoms with van der Waals surface area (Å²) >= 11 is 0. The first-order chi connectivity index (χ1) is 7.59. The van der Waals surface area contributed by atoms with Gasteiger partial charge in [0.2, 0.25) is 0 Å². The van der Waals surface area contributed by atoms with E-state index in [4.69, 9.17) is 0 Å². The van der Waals surface area contributed by atoms with Gasteiger partial charge in [-0.15, -0.1) is 0 Å². The number of alkyl halides is 4. The Morgan fingerprint density at radius 3 is 1.94 bits per heavy atom. The molecule has 0 aliphatic rings. The van der Waals surface area contributed by atoms with Gasteiger partial charge < -0.3 is 4.74 Å². The fourth-order valence-electron chi connectivity index (χ4n) is 1.20. The zero-order valence-corrected chi connectivity index (χ0v) is 10.3. The number of carbonyl (C=O) groups is 1. The van der Waals surface area contributed by atoms with Gasteiger partial charge in [-0.25, -0.2) is 8.78 Å². The van der Waals surface area contributed by atoms with Gasteiger partial charge in [-0.2, -0.15) is 8.78 Å². The first-order valence-electron chi connectivity index (χ1n) is 5.41. The summed E-state index contributed by atoms with van der Waals surface area (Å²) in [6, 6.07) is 0. The molecule has 0 heterocycles. The van der Waals surface area contributed by atoms with E-state index in [-0.39, 0.29) is 17.6 Å². The molecule has 2 nitrogen and oxygen atoms in total. The molecule has 1 atom stereocenters. The van der Waals surface area contributed by atoms with Gasteiger partial charge in [-0.05, 0) is 5.92 Å². The highest BCUT2D eigenvalue weighted by Gasteiger charge is 2.42. The van der Waals surface area contributed by atoms with Crippen LogP contribution in [0.4, 0.5) is 17.6 Å². The van der Waals surface area contributed by atoms with E-state index in [2.05, 4.69) is 4.74 Å². The molecule has 0 aliphatic heterocycles. The summed E-state index contributed by atoms with van der Waals surface area (Å²) < 4.78 is 53.8. The maximum atomic E-state index is 12.6. The number of Topliss-reactive ketones (excluding diaryl/α,β-unsaturated/α-hetero) is 1. The Balaban J connectivity index is 4.54. The van der Waals surface area contributed by atoms with Gasteiger partial charge >= 0.3 is 12.3 Å². The van der Waals surface area contributed by atoms with Crippen molar-refractivity contribution >= 4 is 5.78 Å². The lowest BCUT2D eigenvalue weighted by Gasteiger charge is -2.24. The molecule has 0 spiro atoms. The monoisotopic (exact) mass is 258 g/mol. The van der Waals surface area contributed by atoms with Gasteiger partial charge in [0.05, 0.1) is 0 Å². The third kappa shape index (κ3) is 5.02. The molecular weight excluding hydrogens is 240 g/mol. The molecule has 102 valence electrons. The Kier molecular flexibility index (Phi) is 6.09. The Morgan fingerprint density at radius 1 is 1.18 bits per heavy atom. The van der Waals surface area contributed by atoms with Gasteiger partial charge in [0.15, 0.2) is 5.78 Å². The number of rotatable bonds is 7. The average molecular weight is 258 g/mol. The Hall–Kier alpha value is -0.650. The van der Waals surface area contributed by atoms with Crippen molar-refractivity contribution in [3.8, 4) is 0 Å². The van der Waals surface area contributed by atoms with Crippen LogP contribution in [-0.4, -0.2) is 30.8 Å². The quantitative estimate of drug-likeness (QED) is 0.656. The number of ether oxygens (including phenoxy) is 1. The third-order valence-electron chi connectivity index (χ3n) is 2.23. The maximum absolute atomic E-state index is 12.6. The summed E-state index contributed by atoms with van der Waals surface area (Å²) in [5.74, 6) is -5.30. The predicted molar refractivity (Wildman–Crippen MR) is 55.4 cm³/mol. The first-order valence-corrected chi connectivity index (χ1v) is 5.41. The average Bonchev–Trinajstić information content (AvgIpc) is 2.16. The fraction of sp³-hybridized carbons (Fsp3) is 0.909. The van der Waals surface area contributed by atoms with Crippen LogP contribution in [0.15, 0.2) is 0 Å². The second-order valence-corrected chi connectivity index (χ2v) is 4.59. The second-order valence-electron chi connectivity index (χ2n) is 4.59. The fourth-order valence-corrected chi connectivity index (χ4v) is 1.20. The van der Waals surface area contributed by atoms with E-state index in [1.165, 1.54) is 0 Å². The van der Waals surface area contributed by atoms with Gasteiger partial charge in [0.1, 0.15) is 12.7 Å². The molecule has 0 saturated heterocycles. The van der Waals surface area contributed by atoms with E-state index in [0.717, 1.165) is 0 Å². The molecule has 0 rings (SSSR count). The number of halogens is 4. The molecule has 0 bridgehead atoms. The standard InChI is InChI=1S/C11H18F4O2/c1-6(2)8(16)9(7(3)4)17-5-11(14,15)10(12)13/h6-7,9-10H,5H2,1-4H3/t9-/m1/s1. The van der Waals surface area contributed by atoms with Gasteiger partial charge in [0, 0.05) is 5.92 Å². The Morgan fingerprint density at radius 2 is 1.65 bits per heavy atom. The molecule has 0 radical (unpaired) electrons. The van der Waals surface area contributed by atoms with Crippen LogP contribution in [-0.2, 0) is 9.53 Å². The number of hydrogen-bond donors (Lipinski definition) is 0. The van der Waals surface area contributed by atoms with Crippen molar-refractivity contribution in [2.24, 2.45) is 11.8 Å². The van der Waals surface area contributed by atoms with Gasteiger partial charge in [-0.1, -0.05) is 27.7 Å². The van der Waals surface area contributed by atoms with Crippen LogP contribution in [0.2, 0.25) is 0 Å². The number of ketones is 1. The van der Waals surface area contributed by atoms with E-state index in [0.29, 0.717) is 0 Å². The van der Waals surface area contributed by atoms with Crippen LogP contribution in [0.1, 0.15) is 27.7 Å². The van der Waals surface area contributed by atoms with E-state index in [1.807, 2.05) is 0 Å². The molecular formula is C11H18F4O2. The summed E-state index contributed by atoms with van der Waals surface area (Å²) in [4.78, 5) is 11.6. The van der Waals surface area contributed by atoms with E-state index >= 15 is 0 Å². The van der Waals surface area contributed by atoms with Crippen LogP contribution in [0, 0.1) is 11.8 Å². The second kappa shape index (κ2) is 6.33. The molecule has 0 aliphatic carbocycles. The number of carbonyl (C=O) groups excluding carboxylic acids is 1. The van der Waals surface area contributed by atoms with Gasteiger partial charge in [0.25, 0.3) is 0 Å². The molecule has 17 heavy (non-hydrogen) atoms. The molecule has 0 fully saturated rings. The van der Waals surface area contributed by atoms with Crippen LogP contribution in [0.25, 0.3) is 0 Å². The summed E-state index contributed by atoms with van der Waals surface area (Å²) in [5.41, 5.74) is 0. The van der Waals surface area contributed by atoms with E-state index in [9.17, 15) is 22.4 Å². The number of hydrogen-bond acceptors (Lipinski definition) is 2. The zero-order chi connectivity index (χ0) is 13.8. The van der Waals surface area contributed by atoms with Crippen molar-refractivity contribution in [2.75, 3.05) is 6.61 Å². The van der Waals surface area contributed by atoms with Crippen molar-refractivity contribution < 1.29 is 27.1 Å². The molecule has 6 heteroatoms. The Bertz CT molecular complexity index is 252. The normalized spacial score (nSPS) is 14.8. The Labute approximate surface area is 98.3 Å². The van der Waals surface area contributed by atoms with Crippen molar-refractivity contribution in [1.29, 1.82) is 0 Å². The minimum Gasteiger partial charge on any atom is -0.364 e. The predicted octanol–water partition coefficient (Wildman–Crippen LogP) is 3.15. The van der Waals surface area contributed by atoms with E-state index < -0.39 is 25.1 Å². The molecule has 0 aromatic carbocycles. The highest BCUT2D eigenvalue weighted by molar-refractivity contribution is 5.85. The summed E-state index contributed by atoms with van der Waals surface area (Å²) in [6.07, 6.45) is -4.86. The molecule has 0 unspecified atom stereocenters. The van der Waals surface area contributed by atoms with Crippen molar-refractivity contribution in [1.82, 2.24) is 0 Å². The molecule has 0 N–H and O–H groups in total. The summed E-state index contributed by atoms with van der Waals surface area (Å²) in [5, 5.41) is 0. The molecule has 0 aromatic heterocycles. The third-order valence-corrected chi connectivity index (χ3v) is 2.23. The van der Waals surface area contributed by atoms with Crippen molar-refractivity contribution in [3.05, 3.63) is 0 Å². The molecule has 0 aromatic rings. The minimum absolute atomic E-state index is 0.335. The summed E-state index contributed by atoms with van der Waals surface area (Å²) in [6.45, 7) is 5.00. The smallest absolute Gasteiger partial charge is 0.330 e.